The first-order valence-electron chi connectivity index (χ1n) is 7.31. The van der Waals surface area contributed by atoms with Crippen molar-refractivity contribution in [2.24, 2.45) is 5.92 Å². The minimum absolute atomic E-state index is 0.414. The van der Waals surface area contributed by atoms with Gasteiger partial charge in [0, 0.05) is 19.1 Å². The van der Waals surface area contributed by atoms with E-state index in [9.17, 15) is 0 Å². The van der Waals surface area contributed by atoms with Crippen molar-refractivity contribution in [2.45, 2.75) is 32.7 Å². The molecule has 112 valence electrons. The third-order valence-corrected chi connectivity index (χ3v) is 3.98. The van der Waals surface area contributed by atoms with E-state index in [2.05, 4.69) is 46.4 Å². The fraction of sp³-hybridized carbons (Fsp3) is 0.714. The summed E-state index contributed by atoms with van der Waals surface area (Å²) in [4.78, 5) is 11.0. The van der Waals surface area contributed by atoms with Crippen LogP contribution in [0.4, 0.5) is 11.8 Å². The van der Waals surface area contributed by atoms with E-state index in [1.807, 2.05) is 0 Å². The highest BCUT2D eigenvalue weighted by molar-refractivity contribution is 6.32. The van der Waals surface area contributed by atoms with Crippen molar-refractivity contribution in [1.82, 2.24) is 14.9 Å². The number of hydrogen-bond donors (Lipinski definition) is 2. The average molecular weight is 298 g/mol. The van der Waals surface area contributed by atoms with Crippen LogP contribution >= 0.6 is 11.6 Å². The predicted molar refractivity (Wildman–Crippen MR) is 84.5 cm³/mol. The molecule has 0 aliphatic carbocycles. The highest BCUT2D eigenvalue weighted by Gasteiger charge is 2.25. The summed E-state index contributed by atoms with van der Waals surface area (Å²) in [6.07, 6.45) is 3.81. The van der Waals surface area contributed by atoms with Crippen molar-refractivity contribution < 1.29 is 0 Å². The van der Waals surface area contributed by atoms with Crippen molar-refractivity contribution in [3.8, 4) is 0 Å². The average Bonchev–Trinajstić information content (AvgIpc) is 2.42. The van der Waals surface area contributed by atoms with E-state index in [0.717, 1.165) is 38.3 Å². The molecule has 20 heavy (non-hydrogen) atoms. The Balaban J connectivity index is 2.04. The lowest BCUT2D eigenvalue weighted by atomic mass is 9.94. The van der Waals surface area contributed by atoms with Crippen molar-refractivity contribution >= 4 is 23.4 Å². The van der Waals surface area contributed by atoms with E-state index in [4.69, 9.17) is 11.6 Å². The summed E-state index contributed by atoms with van der Waals surface area (Å²) in [6.45, 7) is 7.44. The molecule has 2 heterocycles. The van der Waals surface area contributed by atoms with Gasteiger partial charge in [0.1, 0.15) is 5.02 Å². The van der Waals surface area contributed by atoms with Gasteiger partial charge in [-0.15, -0.1) is 0 Å². The number of hydrogen-bond acceptors (Lipinski definition) is 5. The molecule has 2 N–H and O–H groups in total. The monoisotopic (exact) mass is 297 g/mol. The Morgan fingerprint density at radius 3 is 3.00 bits per heavy atom. The van der Waals surface area contributed by atoms with Crippen molar-refractivity contribution in [3.05, 3.63) is 11.2 Å². The van der Waals surface area contributed by atoms with E-state index in [1.54, 1.807) is 6.20 Å². The Morgan fingerprint density at radius 1 is 1.50 bits per heavy atom. The summed E-state index contributed by atoms with van der Waals surface area (Å²) in [5.74, 6) is 1.95. The van der Waals surface area contributed by atoms with Gasteiger partial charge in [-0.25, -0.2) is 4.98 Å². The summed E-state index contributed by atoms with van der Waals surface area (Å²) >= 11 is 6.20. The van der Waals surface area contributed by atoms with Gasteiger partial charge in [0.15, 0.2) is 5.82 Å². The number of halogens is 1. The van der Waals surface area contributed by atoms with E-state index >= 15 is 0 Å². The zero-order chi connectivity index (χ0) is 14.5. The fourth-order valence-corrected chi connectivity index (χ4v) is 2.68. The van der Waals surface area contributed by atoms with E-state index in [1.165, 1.54) is 0 Å². The maximum absolute atomic E-state index is 6.20. The van der Waals surface area contributed by atoms with Gasteiger partial charge in [0.25, 0.3) is 0 Å². The lowest BCUT2D eigenvalue weighted by Crippen LogP contribution is -2.43. The topological polar surface area (TPSA) is 53.1 Å². The second-order valence-electron chi connectivity index (χ2n) is 5.60. The molecule has 2 atom stereocenters. The molecule has 5 nitrogen and oxygen atoms in total. The molecule has 0 spiro atoms. The quantitative estimate of drug-likeness (QED) is 0.875. The van der Waals surface area contributed by atoms with Gasteiger partial charge in [-0.1, -0.05) is 25.4 Å². The second kappa shape index (κ2) is 7.09. The number of aromatic nitrogens is 2. The number of likely N-dealkylation sites (tertiary alicyclic amines) is 1. The largest absolute Gasteiger partial charge is 0.366 e. The van der Waals surface area contributed by atoms with Crippen LogP contribution in [0.1, 0.15) is 26.7 Å². The fourth-order valence-electron chi connectivity index (χ4n) is 2.53. The molecule has 2 unspecified atom stereocenters. The first kappa shape index (κ1) is 15.3. The summed E-state index contributed by atoms with van der Waals surface area (Å²) in [5, 5.41) is 7.26. The number of nitrogens with zero attached hydrogens (tertiary/aromatic N) is 3. The molecule has 1 aromatic heterocycles. The molecule has 0 saturated carbocycles. The Morgan fingerprint density at radius 2 is 2.30 bits per heavy atom. The Hall–Kier alpha value is -1.07. The third-order valence-electron chi connectivity index (χ3n) is 3.71. The van der Waals surface area contributed by atoms with E-state index < -0.39 is 0 Å². The number of nitrogens with one attached hydrogen (secondary N) is 2. The third kappa shape index (κ3) is 3.96. The van der Waals surface area contributed by atoms with Crippen LogP contribution in [0, 0.1) is 5.92 Å². The van der Waals surface area contributed by atoms with Crippen LogP contribution in [-0.4, -0.2) is 47.6 Å². The maximum atomic E-state index is 6.20. The first-order chi connectivity index (χ1) is 9.60. The van der Waals surface area contributed by atoms with Gasteiger partial charge < -0.3 is 15.5 Å². The minimum Gasteiger partial charge on any atom is -0.366 e. The highest BCUT2D eigenvalue weighted by Crippen LogP contribution is 2.24. The number of rotatable bonds is 5. The molecule has 0 radical (unpaired) electrons. The van der Waals surface area contributed by atoms with Crippen LogP contribution in [0.3, 0.4) is 0 Å². The van der Waals surface area contributed by atoms with Crippen molar-refractivity contribution in [3.63, 3.8) is 0 Å². The van der Waals surface area contributed by atoms with Gasteiger partial charge >= 0.3 is 0 Å². The summed E-state index contributed by atoms with van der Waals surface area (Å²) in [7, 11) is 2.16. The molecular formula is C14H24ClN5. The van der Waals surface area contributed by atoms with Crippen LogP contribution in [0.15, 0.2) is 6.20 Å². The Bertz CT molecular complexity index is 440. The van der Waals surface area contributed by atoms with Gasteiger partial charge in [0.2, 0.25) is 5.95 Å². The zero-order valence-electron chi connectivity index (χ0n) is 12.5. The number of anilines is 2. The summed E-state index contributed by atoms with van der Waals surface area (Å²) in [5.41, 5.74) is 0. The van der Waals surface area contributed by atoms with Crippen LogP contribution in [0.5, 0.6) is 0 Å². The van der Waals surface area contributed by atoms with E-state index in [-0.39, 0.29) is 0 Å². The Kier molecular flexibility index (Phi) is 5.43. The second-order valence-corrected chi connectivity index (χ2v) is 6.00. The van der Waals surface area contributed by atoms with Gasteiger partial charge in [-0.2, -0.15) is 4.98 Å². The summed E-state index contributed by atoms with van der Waals surface area (Å²) < 4.78 is 0. The molecule has 1 saturated heterocycles. The summed E-state index contributed by atoms with van der Waals surface area (Å²) in [6, 6.07) is 0.414. The van der Waals surface area contributed by atoms with Crippen LogP contribution in [0.25, 0.3) is 0 Å². The van der Waals surface area contributed by atoms with Crippen LogP contribution in [0.2, 0.25) is 5.02 Å². The highest BCUT2D eigenvalue weighted by atomic mass is 35.5. The molecule has 1 aliphatic heterocycles. The molecule has 1 aromatic rings. The molecule has 0 amide bonds. The lowest BCUT2D eigenvalue weighted by Gasteiger charge is -2.35. The predicted octanol–water partition coefficient (Wildman–Crippen LogP) is 2.70. The molecule has 1 fully saturated rings. The molecule has 6 heteroatoms. The SMILES string of the molecule is CCCNc1ncc(Cl)c(NC2CCN(C)CC2C)n1. The van der Waals surface area contributed by atoms with Gasteiger partial charge in [0.05, 0.1) is 6.20 Å². The molecule has 0 bridgehead atoms. The minimum atomic E-state index is 0.414. The normalized spacial score (nSPS) is 23.6. The Labute approximate surface area is 126 Å². The molecular weight excluding hydrogens is 274 g/mol. The molecule has 2 rings (SSSR count). The van der Waals surface area contributed by atoms with Crippen molar-refractivity contribution in [1.29, 1.82) is 0 Å². The van der Waals surface area contributed by atoms with Crippen molar-refractivity contribution in [2.75, 3.05) is 37.3 Å². The van der Waals surface area contributed by atoms with Crippen LogP contribution in [-0.2, 0) is 0 Å². The van der Waals surface area contributed by atoms with E-state index in [0.29, 0.717) is 22.9 Å². The molecule has 0 aromatic carbocycles. The van der Waals surface area contributed by atoms with Gasteiger partial charge in [-0.3, -0.25) is 0 Å². The van der Waals surface area contributed by atoms with Crippen LogP contribution < -0.4 is 10.6 Å². The lowest BCUT2D eigenvalue weighted by molar-refractivity contribution is 0.206. The number of piperidine rings is 1. The van der Waals surface area contributed by atoms with Gasteiger partial charge in [-0.05, 0) is 32.4 Å². The smallest absolute Gasteiger partial charge is 0.224 e. The zero-order valence-corrected chi connectivity index (χ0v) is 13.2. The standard InChI is InChI=1S/C14H24ClN5/c1-4-6-16-14-17-8-11(15)13(19-14)18-12-5-7-20(3)9-10(12)2/h8,10,12H,4-7,9H2,1-3H3,(H2,16,17,18,19). The maximum Gasteiger partial charge on any atom is 0.224 e. The molecule has 1 aliphatic rings. The first-order valence-corrected chi connectivity index (χ1v) is 7.69.